The smallest absolute Gasteiger partial charge is 0.106 e. The molecule has 2 aromatic rings. The molecule has 1 aliphatic heterocycles. The lowest BCUT2D eigenvalue weighted by Crippen LogP contribution is -2.24. The Bertz CT molecular complexity index is 511. The molecule has 0 aliphatic carbocycles. The van der Waals surface area contributed by atoms with Crippen LogP contribution in [0.25, 0.3) is 0 Å². The number of benzene rings is 2. The highest BCUT2D eigenvalue weighted by Gasteiger charge is 2.33. The van der Waals surface area contributed by atoms with Crippen molar-refractivity contribution in [2.75, 3.05) is 6.61 Å². The van der Waals surface area contributed by atoms with E-state index in [1.165, 1.54) is 17.3 Å². The third kappa shape index (κ3) is 2.73. The molecule has 19 heavy (non-hydrogen) atoms. The van der Waals surface area contributed by atoms with Crippen molar-refractivity contribution in [2.24, 2.45) is 0 Å². The summed E-state index contributed by atoms with van der Waals surface area (Å²) in [5.74, 6) is 0.252. The van der Waals surface area contributed by atoms with Gasteiger partial charge >= 0.3 is 0 Å². The Morgan fingerprint density at radius 2 is 1.58 bits per heavy atom. The van der Waals surface area contributed by atoms with Crippen LogP contribution in [0, 0.1) is 0 Å². The van der Waals surface area contributed by atoms with Gasteiger partial charge in [-0.2, -0.15) is 0 Å². The zero-order valence-corrected chi connectivity index (χ0v) is 12.1. The average Bonchev–Trinajstić information content (AvgIpc) is 2.49. The molecule has 0 saturated carbocycles. The standard InChI is InChI=1S/C17H19OP/c1-14-12-13-18-17(15-8-4-2-5-9-15)19(14)16-10-6-3-7-11-16/h2-11,14,17H,12-13H2,1H3/t14-,17-,19+/m1/s1. The Kier molecular flexibility index (Phi) is 3.96. The van der Waals surface area contributed by atoms with Gasteiger partial charge in [0.25, 0.3) is 0 Å². The predicted octanol–water partition coefficient (Wildman–Crippen LogP) is 4.30. The second kappa shape index (κ2) is 5.86. The van der Waals surface area contributed by atoms with E-state index in [4.69, 9.17) is 4.74 Å². The van der Waals surface area contributed by atoms with E-state index in [2.05, 4.69) is 67.6 Å². The van der Waals surface area contributed by atoms with Gasteiger partial charge < -0.3 is 4.74 Å². The molecule has 0 radical (unpaired) electrons. The summed E-state index contributed by atoms with van der Waals surface area (Å²) in [6, 6.07) is 21.6. The lowest BCUT2D eigenvalue weighted by Gasteiger charge is -2.37. The van der Waals surface area contributed by atoms with Crippen molar-refractivity contribution in [1.29, 1.82) is 0 Å². The van der Waals surface area contributed by atoms with Crippen molar-refractivity contribution in [2.45, 2.75) is 24.8 Å². The molecular weight excluding hydrogens is 251 g/mol. The Labute approximate surface area is 116 Å². The van der Waals surface area contributed by atoms with Crippen LogP contribution in [-0.4, -0.2) is 12.3 Å². The van der Waals surface area contributed by atoms with Crippen LogP contribution in [0.2, 0.25) is 0 Å². The van der Waals surface area contributed by atoms with Crippen molar-refractivity contribution in [3.8, 4) is 0 Å². The molecule has 2 aromatic carbocycles. The molecule has 0 spiro atoms. The van der Waals surface area contributed by atoms with Crippen LogP contribution >= 0.6 is 7.92 Å². The zero-order chi connectivity index (χ0) is 13.1. The highest BCUT2D eigenvalue weighted by Crippen LogP contribution is 2.57. The van der Waals surface area contributed by atoms with E-state index < -0.39 is 0 Å². The molecule has 2 heteroatoms. The van der Waals surface area contributed by atoms with E-state index in [9.17, 15) is 0 Å². The summed E-state index contributed by atoms with van der Waals surface area (Å²) < 4.78 is 6.13. The Morgan fingerprint density at radius 3 is 2.26 bits per heavy atom. The highest BCUT2D eigenvalue weighted by molar-refractivity contribution is 7.66. The maximum absolute atomic E-state index is 6.13. The number of ether oxygens (including phenoxy) is 1. The number of hydrogen-bond acceptors (Lipinski definition) is 1. The van der Waals surface area contributed by atoms with E-state index in [0.717, 1.165) is 12.3 Å². The summed E-state index contributed by atoms with van der Waals surface area (Å²) in [6.45, 7) is 3.25. The monoisotopic (exact) mass is 270 g/mol. The minimum absolute atomic E-state index is 0.252. The number of rotatable bonds is 2. The largest absolute Gasteiger partial charge is 0.369 e. The second-order valence-corrected chi connectivity index (χ2v) is 7.70. The molecule has 1 saturated heterocycles. The molecule has 0 aromatic heterocycles. The normalized spacial score (nSPS) is 27.1. The van der Waals surface area contributed by atoms with Gasteiger partial charge in [-0.3, -0.25) is 0 Å². The van der Waals surface area contributed by atoms with Crippen molar-refractivity contribution in [3.63, 3.8) is 0 Å². The van der Waals surface area contributed by atoms with E-state index in [0.29, 0.717) is 0 Å². The van der Waals surface area contributed by atoms with Crippen LogP contribution in [0.15, 0.2) is 60.7 Å². The predicted molar refractivity (Wildman–Crippen MR) is 82.2 cm³/mol. The van der Waals surface area contributed by atoms with E-state index in [-0.39, 0.29) is 13.8 Å². The van der Waals surface area contributed by atoms with Gasteiger partial charge in [0.15, 0.2) is 0 Å². The zero-order valence-electron chi connectivity index (χ0n) is 11.2. The molecule has 0 unspecified atom stereocenters. The molecule has 1 aliphatic rings. The van der Waals surface area contributed by atoms with Crippen LogP contribution in [0.1, 0.15) is 24.8 Å². The molecule has 0 amide bonds. The Balaban J connectivity index is 1.97. The summed E-state index contributed by atoms with van der Waals surface area (Å²) in [4.78, 5) is 0. The quantitative estimate of drug-likeness (QED) is 0.739. The third-order valence-corrected chi connectivity index (χ3v) is 6.73. The van der Waals surface area contributed by atoms with Crippen molar-refractivity contribution < 1.29 is 4.74 Å². The maximum atomic E-state index is 6.13. The van der Waals surface area contributed by atoms with Crippen LogP contribution in [0.4, 0.5) is 0 Å². The van der Waals surface area contributed by atoms with Crippen LogP contribution in [-0.2, 0) is 4.74 Å². The maximum Gasteiger partial charge on any atom is 0.106 e. The first kappa shape index (κ1) is 12.8. The summed E-state index contributed by atoms with van der Waals surface area (Å²) in [5, 5.41) is 1.46. The van der Waals surface area contributed by atoms with Crippen molar-refractivity contribution >= 4 is 13.2 Å². The first-order chi connectivity index (χ1) is 9.36. The van der Waals surface area contributed by atoms with Crippen LogP contribution in [0.3, 0.4) is 0 Å². The van der Waals surface area contributed by atoms with Crippen molar-refractivity contribution in [1.82, 2.24) is 0 Å². The van der Waals surface area contributed by atoms with Crippen molar-refractivity contribution in [3.05, 3.63) is 66.2 Å². The molecule has 1 nitrogen and oxygen atoms in total. The van der Waals surface area contributed by atoms with Gasteiger partial charge in [0.1, 0.15) is 5.85 Å². The first-order valence-corrected chi connectivity index (χ1v) is 8.34. The summed E-state index contributed by atoms with van der Waals surface area (Å²) in [6.07, 6.45) is 1.17. The van der Waals surface area contributed by atoms with E-state index in [1.54, 1.807) is 0 Å². The van der Waals surface area contributed by atoms with Crippen LogP contribution in [0.5, 0.6) is 0 Å². The molecule has 3 atom stereocenters. The van der Waals surface area contributed by atoms with Gasteiger partial charge in [-0.15, -0.1) is 0 Å². The molecule has 98 valence electrons. The lowest BCUT2D eigenvalue weighted by molar-refractivity contribution is 0.0956. The molecule has 0 bridgehead atoms. The topological polar surface area (TPSA) is 9.23 Å². The van der Waals surface area contributed by atoms with E-state index in [1.807, 2.05) is 0 Å². The fourth-order valence-electron chi connectivity index (χ4n) is 2.67. The van der Waals surface area contributed by atoms with Gasteiger partial charge in [-0.05, 0) is 30.9 Å². The van der Waals surface area contributed by atoms with Gasteiger partial charge in [-0.25, -0.2) is 0 Å². The molecule has 1 fully saturated rings. The van der Waals surface area contributed by atoms with Gasteiger partial charge in [0.2, 0.25) is 0 Å². The Hall–Kier alpha value is -1.17. The fourth-order valence-corrected chi connectivity index (χ4v) is 5.57. The van der Waals surface area contributed by atoms with Crippen LogP contribution < -0.4 is 5.30 Å². The molecule has 0 N–H and O–H groups in total. The first-order valence-electron chi connectivity index (χ1n) is 6.86. The average molecular weight is 270 g/mol. The van der Waals surface area contributed by atoms with Gasteiger partial charge in [0.05, 0.1) is 0 Å². The fraction of sp³-hybridized carbons (Fsp3) is 0.294. The van der Waals surface area contributed by atoms with Gasteiger partial charge in [-0.1, -0.05) is 67.6 Å². The summed E-state index contributed by atoms with van der Waals surface area (Å²) >= 11 is 0. The molecule has 3 rings (SSSR count). The highest BCUT2D eigenvalue weighted by atomic mass is 31.1. The van der Waals surface area contributed by atoms with Gasteiger partial charge in [0, 0.05) is 6.61 Å². The SMILES string of the molecule is C[C@@H]1CCO[C@@H](c2ccccc2)[P@]1c1ccccc1. The lowest BCUT2D eigenvalue weighted by atomic mass is 10.2. The Morgan fingerprint density at radius 1 is 0.947 bits per heavy atom. The molecular formula is C17H19OP. The minimum atomic E-state index is -0.290. The minimum Gasteiger partial charge on any atom is -0.369 e. The third-order valence-electron chi connectivity index (χ3n) is 3.68. The summed E-state index contributed by atoms with van der Waals surface area (Å²) in [7, 11) is -0.290. The summed E-state index contributed by atoms with van der Waals surface area (Å²) in [5.41, 5.74) is 2.04. The second-order valence-electron chi connectivity index (χ2n) is 5.01. The number of hydrogen-bond donors (Lipinski definition) is 0. The van der Waals surface area contributed by atoms with E-state index >= 15 is 0 Å². The molecule has 1 heterocycles.